The normalized spacial score (nSPS) is 22.2. The zero-order valence-electron chi connectivity index (χ0n) is 13.3. The topological polar surface area (TPSA) is 68.6 Å². The number of nitrogens with zero attached hydrogens (tertiary/aromatic N) is 4. The van der Waals surface area contributed by atoms with Gasteiger partial charge in [0.05, 0.1) is 30.3 Å². The van der Waals surface area contributed by atoms with Crippen molar-refractivity contribution < 1.29 is 0 Å². The summed E-state index contributed by atoms with van der Waals surface area (Å²) in [7, 11) is 0. The summed E-state index contributed by atoms with van der Waals surface area (Å²) >= 11 is 0. The second-order valence-corrected chi connectivity index (χ2v) is 6.72. The van der Waals surface area contributed by atoms with E-state index in [0.717, 1.165) is 6.42 Å². The molecule has 2 atom stereocenters. The van der Waals surface area contributed by atoms with Crippen molar-refractivity contribution in [3.8, 4) is 11.3 Å². The van der Waals surface area contributed by atoms with Gasteiger partial charge in [-0.05, 0) is 30.7 Å². The Labute approximate surface area is 136 Å². The van der Waals surface area contributed by atoms with E-state index in [1.54, 1.807) is 0 Å². The zero-order valence-corrected chi connectivity index (χ0v) is 13.3. The number of fused-ring (bicyclic) bond motifs is 3. The van der Waals surface area contributed by atoms with Crippen molar-refractivity contribution in [2.24, 2.45) is 22.1 Å². The summed E-state index contributed by atoms with van der Waals surface area (Å²) in [5, 5.41) is 8.06. The molecule has 1 aliphatic heterocycles. The molecule has 5 nitrogen and oxygen atoms in total. The van der Waals surface area contributed by atoms with Crippen LogP contribution >= 0.6 is 0 Å². The van der Waals surface area contributed by atoms with Gasteiger partial charge in [0.25, 0.3) is 0 Å². The summed E-state index contributed by atoms with van der Waals surface area (Å²) < 4.78 is 2.28. The van der Waals surface area contributed by atoms with Crippen LogP contribution in [0.3, 0.4) is 0 Å². The molecule has 1 aromatic carbocycles. The predicted molar refractivity (Wildman–Crippen MR) is 89.8 cm³/mol. The summed E-state index contributed by atoms with van der Waals surface area (Å²) in [6.07, 6.45) is 11.3. The van der Waals surface area contributed by atoms with Crippen LogP contribution in [0.1, 0.15) is 50.1 Å². The molecule has 0 saturated heterocycles. The van der Waals surface area contributed by atoms with Crippen LogP contribution in [0.4, 0.5) is 0 Å². The van der Waals surface area contributed by atoms with Gasteiger partial charge in [-0.15, -0.1) is 0 Å². The Morgan fingerprint density at radius 3 is 2.87 bits per heavy atom. The van der Waals surface area contributed by atoms with E-state index in [9.17, 15) is 0 Å². The minimum absolute atomic E-state index is 0.201. The molecule has 1 aliphatic carbocycles. The summed E-state index contributed by atoms with van der Waals surface area (Å²) in [5.41, 5.74) is 3.87. The molecule has 0 radical (unpaired) electrons. The molecule has 5 heteroatoms. The van der Waals surface area contributed by atoms with Gasteiger partial charge >= 0.3 is 0 Å². The number of rotatable bonds is 4. The van der Waals surface area contributed by atoms with Crippen molar-refractivity contribution in [1.29, 1.82) is 0 Å². The molecule has 2 unspecified atom stereocenters. The van der Waals surface area contributed by atoms with Crippen LogP contribution in [0.5, 0.6) is 0 Å². The van der Waals surface area contributed by atoms with Gasteiger partial charge in [0.15, 0.2) is 0 Å². The maximum atomic E-state index is 5.42. The van der Waals surface area contributed by atoms with Crippen LogP contribution in [0.2, 0.25) is 0 Å². The molecule has 0 bridgehead atoms. The van der Waals surface area contributed by atoms with E-state index in [-0.39, 0.29) is 6.04 Å². The molecular weight excluding hydrogens is 286 g/mol. The van der Waals surface area contributed by atoms with Crippen molar-refractivity contribution in [2.45, 2.75) is 50.6 Å². The molecule has 0 spiro atoms. The molecule has 2 N–H and O–H groups in total. The van der Waals surface area contributed by atoms with Crippen LogP contribution in [0, 0.1) is 5.92 Å². The van der Waals surface area contributed by atoms with Crippen LogP contribution in [-0.2, 0) is 0 Å². The zero-order chi connectivity index (χ0) is 15.6. The average molecular weight is 309 g/mol. The fourth-order valence-corrected chi connectivity index (χ4v) is 4.34. The van der Waals surface area contributed by atoms with Gasteiger partial charge in [0.1, 0.15) is 0 Å². The molecular formula is C18H23N5. The van der Waals surface area contributed by atoms with Crippen LogP contribution < -0.4 is 5.84 Å². The average Bonchev–Trinajstić information content (AvgIpc) is 3.18. The fourth-order valence-electron chi connectivity index (χ4n) is 4.34. The van der Waals surface area contributed by atoms with E-state index in [1.165, 1.54) is 48.9 Å². The van der Waals surface area contributed by atoms with E-state index in [1.807, 2.05) is 12.5 Å². The van der Waals surface area contributed by atoms with Gasteiger partial charge in [-0.25, -0.2) is 4.98 Å². The summed E-state index contributed by atoms with van der Waals surface area (Å²) in [6.45, 7) is 0. The van der Waals surface area contributed by atoms with Gasteiger partial charge in [-0.1, -0.05) is 48.8 Å². The van der Waals surface area contributed by atoms with Crippen molar-refractivity contribution in [2.75, 3.05) is 0 Å². The number of hydrogen-bond donors (Lipinski definition) is 1. The molecule has 4 rings (SSSR count). The number of imidazole rings is 1. The first-order chi connectivity index (χ1) is 11.4. The Balaban J connectivity index is 1.64. The Bertz CT molecular complexity index is 699. The van der Waals surface area contributed by atoms with Gasteiger partial charge in [-0.2, -0.15) is 5.11 Å². The highest BCUT2D eigenvalue weighted by atomic mass is 15.3. The van der Waals surface area contributed by atoms with Gasteiger partial charge < -0.3 is 10.4 Å². The van der Waals surface area contributed by atoms with Crippen molar-refractivity contribution in [3.63, 3.8) is 0 Å². The SMILES string of the molecule is NN=NC(CC1c2ccccc2-c2cncn21)C1CCCCC1. The lowest BCUT2D eigenvalue weighted by Crippen LogP contribution is -2.25. The Kier molecular flexibility index (Phi) is 3.85. The summed E-state index contributed by atoms with van der Waals surface area (Å²) in [6, 6.07) is 9.11. The lowest BCUT2D eigenvalue weighted by atomic mass is 9.81. The third-order valence-corrected chi connectivity index (χ3v) is 5.47. The summed E-state index contributed by atoms with van der Waals surface area (Å²) in [4.78, 5) is 4.34. The maximum absolute atomic E-state index is 5.42. The van der Waals surface area contributed by atoms with E-state index >= 15 is 0 Å². The Morgan fingerprint density at radius 1 is 1.22 bits per heavy atom. The lowest BCUT2D eigenvalue weighted by molar-refractivity contribution is 0.274. The Hall–Kier alpha value is -2.17. The highest BCUT2D eigenvalue weighted by Crippen LogP contribution is 2.43. The first kappa shape index (κ1) is 14.4. The largest absolute Gasteiger partial charge is 0.323 e. The smallest absolute Gasteiger partial charge is 0.0956 e. The van der Waals surface area contributed by atoms with Gasteiger partial charge in [-0.3, -0.25) is 0 Å². The third kappa shape index (κ3) is 2.54. The maximum Gasteiger partial charge on any atom is 0.0956 e. The molecule has 1 aromatic heterocycles. The Morgan fingerprint density at radius 2 is 2.04 bits per heavy atom. The van der Waals surface area contributed by atoms with Crippen LogP contribution in [0.25, 0.3) is 11.3 Å². The quantitative estimate of drug-likeness (QED) is 0.524. The van der Waals surface area contributed by atoms with Crippen LogP contribution in [-0.4, -0.2) is 15.6 Å². The second kappa shape index (κ2) is 6.14. The van der Waals surface area contributed by atoms with Crippen molar-refractivity contribution in [1.82, 2.24) is 9.55 Å². The number of benzene rings is 1. The number of nitrogens with two attached hydrogens (primary N) is 1. The molecule has 23 heavy (non-hydrogen) atoms. The number of hydrogen-bond acceptors (Lipinski definition) is 3. The molecule has 120 valence electrons. The minimum Gasteiger partial charge on any atom is -0.323 e. The van der Waals surface area contributed by atoms with Gasteiger partial charge in [0, 0.05) is 5.56 Å². The molecule has 0 amide bonds. The molecule has 2 aliphatic rings. The van der Waals surface area contributed by atoms with E-state index in [0.29, 0.717) is 12.0 Å². The monoisotopic (exact) mass is 309 g/mol. The highest BCUT2D eigenvalue weighted by molar-refractivity contribution is 5.68. The fraction of sp³-hybridized carbons (Fsp3) is 0.500. The summed E-state index contributed by atoms with van der Waals surface area (Å²) in [5.74, 6) is 6.03. The van der Waals surface area contributed by atoms with Gasteiger partial charge in [0.2, 0.25) is 0 Å². The van der Waals surface area contributed by atoms with E-state index in [2.05, 4.69) is 44.2 Å². The van der Waals surface area contributed by atoms with Crippen molar-refractivity contribution in [3.05, 3.63) is 42.4 Å². The minimum atomic E-state index is 0.201. The van der Waals surface area contributed by atoms with E-state index < -0.39 is 0 Å². The highest BCUT2D eigenvalue weighted by Gasteiger charge is 2.33. The van der Waals surface area contributed by atoms with Crippen LogP contribution in [0.15, 0.2) is 47.1 Å². The standard InChI is InChI=1S/C18H23N5/c19-22-21-16(13-6-2-1-3-7-13)10-17-14-8-4-5-9-15(14)18-11-20-12-23(17)18/h4-5,8-9,11-13,16-17H,1-3,6-7,10H2,(H2,19,21). The molecule has 2 aromatic rings. The lowest BCUT2D eigenvalue weighted by Gasteiger charge is -2.29. The number of aromatic nitrogens is 2. The first-order valence-corrected chi connectivity index (χ1v) is 8.59. The molecule has 1 fully saturated rings. The molecule has 2 heterocycles. The van der Waals surface area contributed by atoms with E-state index in [4.69, 9.17) is 5.84 Å². The predicted octanol–water partition coefficient (Wildman–Crippen LogP) is 4.12. The van der Waals surface area contributed by atoms with Crippen molar-refractivity contribution >= 4 is 0 Å². The second-order valence-electron chi connectivity index (χ2n) is 6.72. The first-order valence-electron chi connectivity index (χ1n) is 8.59. The third-order valence-electron chi connectivity index (χ3n) is 5.47. The molecule has 1 saturated carbocycles.